The largest absolute Gasteiger partial charge is 0.357 e. The van der Waals surface area contributed by atoms with Gasteiger partial charge in [0, 0.05) is 44.8 Å². The molecule has 1 N–H and O–H groups in total. The molecule has 2 rings (SSSR count). The lowest BCUT2D eigenvalue weighted by Gasteiger charge is -2.23. The van der Waals surface area contributed by atoms with E-state index in [2.05, 4.69) is 53.2 Å². The molecule has 1 aromatic rings. The maximum Gasteiger partial charge on any atom is 0.193 e. The van der Waals surface area contributed by atoms with Crippen LogP contribution >= 0.6 is 11.6 Å². The van der Waals surface area contributed by atoms with Gasteiger partial charge in [0.15, 0.2) is 5.96 Å². The molecule has 0 saturated carbocycles. The third-order valence-corrected chi connectivity index (χ3v) is 4.99. The van der Waals surface area contributed by atoms with Crippen molar-refractivity contribution in [3.05, 3.63) is 34.9 Å². The summed E-state index contributed by atoms with van der Waals surface area (Å²) in [4.78, 5) is 12.0. The number of hydrogen-bond donors (Lipinski definition) is 1. The van der Waals surface area contributed by atoms with Crippen molar-refractivity contribution in [1.82, 2.24) is 20.0 Å². The summed E-state index contributed by atoms with van der Waals surface area (Å²) in [6.45, 7) is 10.6. The summed E-state index contributed by atoms with van der Waals surface area (Å²) >= 11 is 5.97. The first kappa shape index (κ1) is 21.0. The van der Waals surface area contributed by atoms with Gasteiger partial charge in [-0.15, -0.1) is 0 Å². The highest BCUT2D eigenvalue weighted by molar-refractivity contribution is 6.30. The van der Waals surface area contributed by atoms with Crippen molar-refractivity contribution in [2.75, 3.05) is 59.9 Å². The molecule has 0 atom stereocenters. The Balaban J connectivity index is 1.80. The molecule has 0 bridgehead atoms. The molecule has 0 radical (unpaired) electrons. The summed E-state index contributed by atoms with van der Waals surface area (Å²) in [7, 11) is 4.30. The second kappa shape index (κ2) is 11.4. The molecule has 0 amide bonds. The van der Waals surface area contributed by atoms with Crippen molar-refractivity contribution in [2.24, 2.45) is 4.99 Å². The molecule has 1 aliphatic heterocycles. The van der Waals surface area contributed by atoms with Gasteiger partial charge in [-0.2, -0.15) is 0 Å². The predicted molar refractivity (Wildman–Crippen MR) is 112 cm³/mol. The molecule has 5 nitrogen and oxygen atoms in total. The summed E-state index contributed by atoms with van der Waals surface area (Å²) in [5.74, 6) is 0.970. The summed E-state index contributed by atoms with van der Waals surface area (Å²) < 4.78 is 0. The number of nitrogens with zero attached hydrogens (tertiary/aromatic N) is 4. The van der Waals surface area contributed by atoms with E-state index in [1.165, 1.54) is 38.2 Å². The number of benzene rings is 1. The van der Waals surface area contributed by atoms with Crippen molar-refractivity contribution in [3.8, 4) is 0 Å². The molecule has 0 aromatic heterocycles. The van der Waals surface area contributed by atoms with Crippen LogP contribution in [0, 0.1) is 0 Å². The fourth-order valence-electron chi connectivity index (χ4n) is 3.21. The molecular formula is C20H34ClN5. The van der Waals surface area contributed by atoms with Gasteiger partial charge in [0.25, 0.3) is 0 Å². The zero-order valence-electron chi connectivity index (χ0n) is 16.5. The number of nitrogens with one attached hydrogen (secondary N) is 1. The molecule has 1 heterocycles. The summed E-state index contributed by atoms with van der Waals surface area (Å²) in [6, 6.07) is 8.01. The number of rotatable bonds is 7. The Bertz CT molecular complexity index is 546. The van der Waals surface area contributed by atoms with Crippen LogP contribution in [-0.2, 0) is 6.54 Å². The third kappa shape index (κ3) is 7.52. The summed E-state index contributed by atoms with van der Waals surface area (Å²) in [5, 5.41) is 4.17. The maximum atomic E-state index is 5.97. The van der Waals surface area contributed by atoms with Crippen LogP contribution in [0.4, 0.5) is 0 Å². The quantitative estimate of drug-likeness (QED) is 0.448. The minimum absolute atomic E-state index is 0.775. The van der Waals surface area contributed by atoms with Crippen LogP contribution in [-0.4, -0.2) is 80.6 Å². The van der Waals surface area contributed by atoms with E-state index in [-0.39, 0.29) is 0 Å². The first-order chi connectivity index (χ1) is 12.6. The predicted octanol–water partition coefficient (Wildman–Crippen LogP) is 2.76. The summed E-state index contributed by atoms with van der Waals surface area (Å²) in [6.07, 6.45) is 2.37. The average molecular weight is 380 g/mol. The monoisotopic (exact) mass is 379 g/mol. The standard InChI is InChI=1S/C20H34ClN5/c1-4-22-20(25(3)17-18-7-9-19(21)10-8-18)23-11-5-13-26-14-6-12-24(2)15-16-26/h7-10H,4-6,11-17H2,1-3H3,(H,22,23). The minimum atomic E-state index is 0.775. The molecule has 6 heteroatoms. The Kier molecular flexibility index (Phi) is 9.23. The number of likely N-dealkylation sites (N-methyl/N-ethyl adjacent to an activating group) is 1. The lowest BCUT2D eigenvalue weighted by atomic mass is 10.2. The van der Waals surface area contributed by atoms with E-state index in [4.69, 9.17) is 16.6 Å². The van der Waals surface area contributed by atoms with E-state index < -0.39 is 0 Å². The Morgan fingerprint density at radius 1 is 1.19 bits per heavy atom. The molecule has 0 spiro atoms. The lowest BCUT2D eigenvalue weighted by Crippen LogP contribution is -2.38. The van der Waals surface area contributed by atoms with E-state index in [0.29, 0.717) is 0 Å². The normalized spacial score (nSPS) is 17.2. The second-order valence-corrected chi connectivity index (χ2v) is 7.51. The zero-order valence-corrected chi connectivity index (χ0v) is 17.3. The van der Waals surface area contributed by atoms with Crippen molar-refractivity contribution < 1.29 is 0 Å². The van der Waals surface area contributed by atoms with Crippen LogP contribution in [0.25, 0.3) is 0 Å². The van der Waals surface area contributed by atoms with Gasteiger partial charge in [-0.25, -0.2) is 0 Å². The second-order valence-electron chi connectivity index (χ2n) is 7.07. The minimum Gasteiger partial charge on any atom is -0.357 e. The number of guanidine groups is 1. The SMILES string of the molecule is CCNC(=NCCCN1CCCN(C)CC1)N(C)Cc1ccc(Cl)cc1. The van der Waals surface area contributed by atoms with Crippen molar-refractivity contribution >= 4 is 17.6 Å². The van der Waals surface area contributed by atoms with Crippen LogP contribution in [0.15, 0.2) is 29.3 Å². The summed E-state index contributed by atoms with van der Waals surface area (Å²) in [5.41, 5.74) is 1.23. The van der Waals surface area contributed by atoms with Gasteiger partial charge in [-0.1, -0.05) is 23.7 Å². The van der Waals surface area contributed by atoms with E-state index in [0.717, 1.165) is 43.6 Å². The fourth-order valence-corrected chi connectivity index (χ4v) is 3.34. The van der Waals surface area contributed by atoms with Crippen molar-refractivity contribution in [2.45, 2.75) is 26.3 Å². The Morgan fingerprint density at radius 2 is 1.96 bits per heavy atom. The molecule has 1 saturated heterocycles. The topological polar surface area (TPSA) is 34.1 Å². The van der Waals surface area contributed by atoms with Gasteiger partial charge in [-0.05, 0) is 64.1 Å². The van der Waals surface area contributed by atoms with Crippen LogP contribution in [0.1, 0.15) is 25.3 Å². The van der Waals surface area contributed by atoms with Crippen LogP contribution in [0.3, 0.4) is 0 Å². The maximum absolute atomic E-state index is 5.97. The van der Waals surface area contributed by atoms with Crippen molar-refractivity contribution in [1.29, 1.82) is 0 Å². The smallest absolute Gasteiger partial charge is 0.193 e. The molecule has 1 aromatic carbocycles. The van der Waals surface area contributed by atoms with Gasteiger partial charge in [-0.3, -0.25) is 4.99 Å². The van der Waals surface area contributed by atoms with Crippen molar-refractivity contribution in [3.63, 3.8) is 0 Å². The Morgan fingerprint density at radius 3 is 2.69 bits per heavy atom. The molecule has 146 valence electrons. The van der Waals surface area contributed by atoms with Gasteiger partial charge in [0.1, 0.15) is 0 Å². The fraction of sp³-hybridized carbons (Fsp3) is 0.650. The molecule has 1 aliphatic rings. The van der Waals surface area contributed by atoms with Gasteiger partial charge < -0.3 is 20.0 Å². The van der Waals surface area contributed by atoms with Crippen LogP contribution in [0.5, 0.6) is 0 Å². The number of aliphatic imine (C=N–C) groups is 1. The number of hydrogen-bond acceptors (Lipinski definition) is 3. The van der Waals surface area contributed by atoms with Crippen LogP contribution < -0.4 is 5.32 Å². The molecule has 26 heavy (non-hydrogen) atoms. The van der Waals surface area contributed by atoms with Gasteiger partial charge in [0.05, 0.1) is 0 Å². The molecular weight excluding hydrogens is 346 g/mol. The average Bonchev–Trinajstić information content (AvgIpc) is 2.84. The van der Waals surface area contributed by atoms with Gasteiger partial charge >= 0.3 is 0 Å². The van der Waals surface area contributed by atoms with E-state index in [9.17, 15) is 0 Å². The molecule has 0 unspecified atom stereocenters. The van der Waals surface area contributed by atoms with Gasteiger partial charge in [0.2, 0.25) is 0 Å². The van der Waals surface area contributed by atoms with E-state index in [1.807, 2.05) is 12.1 Å². The number of halogens is 1. The molecule has 1 fully saturated rings. The first-order valence-electron chi connectivity index (χ1n) is 9.73. The Hall–Kier alpha value is -1.30. The Labute approximate surface area is 164 Å². The highest BCUT2D eigenvalue weighted by Crippen LogP contribution is 2.11. The van der Waals surface area contributed by atoms with E-state index in [1.54, 1.807) is 0 Å². The van der Waals surface area contributed by atoms with Crippen LogP contribution in [0.2, 0.25) is 5.02 Å². The molecule has 0 aliphatic carbocycles. The van der Waals surface area contributed by atoms with E-state index >= 15 is 0 Å². The zero-order chi connectivity index (χ0) is 18.8. The highest BCUT2D eigenvalue weighted by atomic mass is 35.5. The lowest BCUT2D eigenvalue weighted by molar-refractivity contribution is 0.275. The third-order valence-electron chi connectivity index (χ3n) is 4.74. The first-order valence-corrected chi connectivity index (χ1v) is 10.1. The highest BCUT2D eigenvalue weighted by Gasteiger charge is 2.11.